The van der Waals surface area contributed by atoms with Crippen LogP contribution < -0.4 is 4.65 Å². The third kappa shape index (κ3) is 3.85. The second kappa shape index (κ2) is 6.75. The Morgan fingerprint density at radius 2 is 1.86 bits per heavy atom. The molecule has 0 bridgehead atoms. The molecule has 2 N–H and O–H groups in total. The molecule has 0 atom stereocenters. The maximum Gasteiger partial charge on any atom is 0.796 e. The van der Waals surface area contributed by atoms with Gasteiger partial charge in [-0.2, -0.15) is 0 Å². The van der Waals surface area contributed by atoms with E-state index in [9.17, 15) is 18.5 Å². The second-order valence-corrected chi connectivity index (χ2v) is 4.33. The zero-order chi connectivity index (χ0) is 16.1. The van der Waals surface area contributed by atoms with Crippen molar-refractivity contribution in [3.05, 3.63) is 71.4 Å². The van der Waals surface area contributed by atoms with E-state index in [2.05, 4.69) is 4.65 Å². The third-order valence-corrected chi connectivity index (χ3v) is 2.84. The molecule has 4 nitrogen and oxygen atoms in total. The Bertz CT molecular complexity index is 691. The summed E-state index contributed by atoms with van der Waals surface area (Å²) >= 11 is 0. The number of hydrogen-bond acceptors (Lipinski definition) is 3. The lowest BCUT2D eigenvalue weighted by Gasteiger charge is -2.10. The number of carboxylic acid groups (broad SMARTS) is 1. The number of halogens is 2. The topological polar surface area (TPSA) is 66.8 Å². The first-order valence-corrected chi connectivity index (χ1v) is 6.25. The van der Waals surface area contributed by atoms with E-state index < -0.39 is 13.4 Å². The van der Waals surface area contributed by atoms with Crippen LogP contribution in [0.1, 0.15) is 15.9 Å². The Labute approximate surface area is 125 Å². The zero-order valence-electron chi connectivity index (χ0n) is 11.2. The molecule has 0 saturated carbocycles. The van der Waals surface area contributed by atoms with Crippen molar-refractivity contribution in [1.29, 1.82) is 0 Å². The largest absolute Gasteiger partial charge is 0.796 e. The van der Waals surface area contributed by atoms with E-state index >= 15 is 0 Å². The molecule has 22 heavy (non-hydrogen) atoms. The lowest BCUT2D eigenvalue weighted by atomic mass is 10.1. The Kier molecular flexibility index (Phi) is 4.78. The van der Waals surface area contributed by atoms with E-state index in [4.69, 9.17) is 5.11 Å². The van der Waals surface area contributed by atoms with Gasteiger partial charge >= 0.3 is 13.4 Å². The molecule has 0 heterocycles. The van der Waals surface area contributed by atoms with Crippen molar-refractivity contribution in [3.8, 4) is 5.75 Å². The van der Waals surface area contributed by atoms with E-state index in [1.54, 1.807) is 30.4 Å². The summed E-state index contributed by atoms with van der Waals surface area (Å²) in [4.78, 5) is 11.0. The van der Waals surface area contributed by atoms with Crippen molar-refractivity contribution in [2.75, 3.05) is 0 Å². The molecule has 7 heteroatoms. The molecule has 0 unspecified atom stereocenters. The summed E-state index contributed by atoms with van der Waals surface area (Å²) in [7, 11) is -3.08. The lowest BCUT2D eigenvalue weighted by molar-refractivity contribution is 0.0697. The average molecular weight is 304 g/mol. The Morgan fingerprint density at radius 3 is 2.45 bits per heavy atom. The summed E-state index contributed by atoms with van der Waals surface area (Å²) in [5.74, 6) is -1.91. The molecular weight excluding hydrogens is 293 g/mol. The highest BCUT2D eigenvalue weighted by Crippen LogP contribution is 2.27. The molecule has 1 aromatic rings. The van der Waals surface area contributed by atoms with E-state index in [0.29, 0.717) is 0 Å². The van der Waals surface area contributed by atoms with Crippen LogP contribution in [0.2, 0.25) is 0 Å². The van der Waals surface area contributed by atoms with Gasteiger partial charge in [0, 0.05) is 0 Å². The summed E-state index contributed by atoms with van der Waals surface area (Å²) < 4.78 is 29.1. The van der Waals surface area contributed by atoms with Crippen LogP contribution in [0.4, 0.5) is 8.63 Å². The van der Waals surface area contributed by atoms with Gasteiger partial charge < -0.3 is 14.9 Å². The molecular formula is C15H11BF2O4. The SMILES string of the molecule is O=C(O)c1ccc(OB(F)F)c(C(O)=CC=C2C=CC=C2)c1. The first kappa shape index (κ1) is 15.6. The quantitative estimate of drug-likeness (QED) is 0.644. The number of carbonyl (C=O) groups is 1. The Hall–Kier alpha value is -2.83. The van der Waals surface area contributed by atoms with Gasteiger partial charge in [0.25, 0.3) is 0 Å². The molecule has 1 aliphatic carbocycles. The van der Waals surface area contributed by atoms with Crippen LogP contribution >= 0.6 is 0 Å². The normalized spacial score (nSPS) is 13.4. The molecule has 0 aromatic heterocycles. The fraction of sp³-hybridized carbons (Fsp3) is 0. The van der Waals surface area contributed by atoms with Gasteiger partial charge in [-0.1, -0.05) is 30.4 Å². The molecule has 0 amide bonds. The molecule has 112 valence electrons. The maximum atomic E-state index is 12.4. The molecule has 0 saturated heterocycles. The highest BCUT2D eigenvalue weighted by molar-refractivity contribution is 6.35. The highest BCUT2D eigenvalue weighted by Gasteiger charge is 2.21. The molecule has 1 aliphatic rings. The number of aliphatic hydroxyl groups excluding tert-OH is 1. The number of benzene rings is 1. The standard InChI is InChI=1S/C15H11BF2O4/c17-16(18)22-14-8-6-11(15(20)21)9-12(14)13(19)7-5-10-3-1-2-4-10/h1-9,19H,(H,20,21). The Morgan fingerprint density at radius 1 is 1.18 bits per heavy atom. The monoisotopic (exact) mass is 304 g/mol. The highest BCUT2D eigenvalue weighted by atomic mass is 19.2. The van der Waals surface area contributed by atoms with E-state index in [1.807, 2.05) is 0 Å². The number of allylic oxidation sites excluding steroid dienone is 7. The summed E-state index contributed by atoms with van der Waals surface area (Å²) in [6.07, 6.45) is 10.0. The zero-order valence-corrected chi connectivity index (χ0v) is 11.2. The number of carboxylic acids is 1. The molecule has 2 rings (SSSR count). The maximum absolute atomic E-state index is 12.4. The summed E-state index contributed by atoms with van der Waals surface area (Å²) in [5.41, 5.74) is 0.533. The van der Waals surface area contributed by atoms with Crippen LogP contribution in [-0.2, 0) is 0 Å². The van der Waals surface area contributed by atoms with Crippen molar-refractivity contribution >= 4 is 19.2 Å². The fourth-order valence-corrected chi connectivity index (χ4v) is 1.83. The van der Waals surface area contributed by atoms with E-state index in [0.717, 1.165) is 23.8 Å². The van der Waals surface area contributed by atoms with Crippen molar-refractivity contribution < 1.29 is 28.3 Å². The fourth-order valence-electron chi connectivity index (χ4n) is 1.83. The number of aliphatic hydroxyl groups is 1. The van der Waals surface area contributed by atoms with Gasteiger partial charge in [-0.05, 0) is 29.8 Å². The van der Waals surface area contributed by atoms with Crippen molar-refractivity contribution in [2.24, 2.45) is 0 Å². The van der Waals surface area contributed by atoms with Crippen LogP contribution in [0, 0.1) is 0 Å². The van der Waals surface area contributed by atoms with Crippen molar-refractivity contribution in [1.82, 2.24) is 0 Å². The van der Waals surface area contributed by atoms with E-state index in [1.165, 1.54) is 6.08 Å². The number of rotatable bonds is 5. The van der Waals surface area contributed by atoms with Crippen molar-refractivity contribution in [3.63, 3.8) is 0 Å². The minimum atomic E-state index is -3.08. The van der Waals surface area contributed by atoms with Crippen LogP contribution in [0.15, 0.2) is 60.2 Å². The summed E-state index contributed by atoms with van der Waals surface area (Å²) in [6.45, 7) is 0. The average Bonchev–Trinajstić information content (AvgIpc) is 2.97. The predicted molar refractivity (Wildman–Crippen MR) is 79.0 cm³/mol. The van der Waals surface area contributed by atoms with Crippen LogP contribution in [0.5, 0.6) is 5.75 Å². The van der Waals surface area contributed by atoms with Gasteiger partial charge in [0.05, 0.1) is 11.1 Å². The van der Waals surface area contributed by atoms with Gasteiger partial charge in [0.1, 0.15) is 11.5 Å². The number of aromatic carboxylic acids is 1. The van der Waals surface area contributed by atoms with Gasteiger partial charge in [-0.25, -0.2) is 13.4 Å². The van der Waals surface area contributed by atoms with Crippen LogP contribution in [0.25, 0.3) is 5.76 Å². The van der Waals surface area contributed by atoms with Gasteiger partial charge in [-0.15, -0.1) is 0 Å². The predicted octanol–water partition coefficient (Wildman–Crippen LogP) is 3.64. The molecule has 0 aliphatic heterocycles. The first-order chi connectivity index (χ1) is 10.5. The molecule has 1 aromatic carbocycles. The van der Waals surface area contributed by atoms with Crippen LogP contribution in [-0.4, -0.2) is 23.7 Å². The van der Waals surface area contributed by atoms with Crippen LogP contribution in [0.3, 0.4) is 0 Å². The molecule has 0 radical (unpaired) electrons. The number of hydrogen-bond donors (Lipinski definition) is 2. The van der Waals surface area contributed by atoms with Gasteiger partial charge in [-0.3, -0.25) is 0 Å². The van der Waals surface area contributed by atoms with E-state index in [-0.39, 0.29) is 22.6 Å². The lowest BCUT2D eigenvalue weighted by Crippen LogP contribution is -2.10. The summed E-state index contributed by atoms with van der Waals surface area (Å²) in [6, 6.07) is 3.28. The first-order valence-electron chi connectivity index (χ1n) is 6.25. The minimum absolute atomic E-state index is 0.122. The summed E-state index contributed by atoms with van der Waals surface area (Å²) in [5, 5.41) is 19.0. The minimum Gasteiger partial charge on any atom is -0.507 e. The Balaban J connectivity index is 2.40. The van der Waals surface area contributed by atoms with Crippen molar-refractivity contribution in [2.45, 2.75) is 0 Å². The van der Waals surface area contributed by atoms with Gasteiger partial charge in [0.2, 0.25) is 0 Å². The van der Waals surface area contributed by atoms with Gasteiger partial charge in [0.15, 0.2) is 0 Å². The third-order valence-electron chi connectivity index (χ3n) is 2.84. The molecule has 0 spiro atoms. The molecule has 0 fully saturated rings. The smallest absolute Gasteiger partial charge is 0.507 e. The second-order valence-electron chi connectivity index (χ2n) is 4.33.